The number of piperidine rings is 1. The number of carbonyl (C=O) groups is 3. The number of likely N-dealkylation sites (tertiary alicyclic amines) is 1. The van der Waals surface area contributed by atoms with Crippen LogP contribution in [0, 0.1) is 5.92 Å². The van der Waals surface area contributed by atoms with E-state index in [0.29, 0.717) is 13.0 Å². The zero-order valence-electron chi connectivity index (χ0n) is 19.0. The normalized spacial score (nSPS) is 20.2. The summed E-state index contributed by atoms with van der Waals surface area (Å²) in [6, 6.07) is 6.84. The molecule has 1 saturated heterocycles. The fourth-order valence-corrected chi connectivity index (χ4v) is 4.92. The van der Waals surface area contributed by atoms with Gasteiger partial charge in [-0.25, -0.2) is 9.97 Å². The molecule has 3 atom stereocenters. The van der Waals surface area contributed by atoms with Crippen molar-refractivity contribution in [2.75, 3.05) is 26.1 Å². The van der Waals surface area contributed by atoms with Gasteiger partial charge in [0.05, 0.1) is 46.9 Å². The zero-order chi connectivity index (χ0) is 24.4. The molecule has 0 bridgehead atoms. The van der Waals surface area contributed by atoms with Crippen molar-refractivity contribution in [3.8, 4) is 5.88 Å². The summed E-state index contributed by atoms with van der Waals surface area (Å²) in [5, 5.41) is 2.53. The second kappa shape index (κ2) is 9.74. The number of methoxy groups -OCH3 is 2. The summed E-state index contributed by atoms with van der Waals surface area (Å²) in [7, 11) is 3.00. The molecule has 0 saturated carbocycles. The van der Waals surface area contributed by atoms with E-state index in [1.54, 1.807) is 17.5 Å². The van der Waals surface area contributed by atoms with Crippen LogP contribution in [0.1, 0.15) is 35.3 Å². The van der Waals surface area contributed by atoms with E-state index in [4.69, 9.17) is 15.2 Å². The number of nitrogens with two attached hydrogens (primary N) is 1. The molecule has 1 aromatic carbocycles. The molecule has 3 amide bonds. The minimum absolute atomic E-state index is 0.00304. The van der Waals surface area contributed by atoms with Gasteiger partial charge in [0.2, 0.25) is 5.88 Å². The lowest BCUT2D eigenvalue weighted by Crippen LogP contribution is -2.50. The third-order valence-corrected chi connectivity index (χ3v) is 6.83. The highest BCUT2D eigenvalue weighted by molar-refractivity contribution is 7.16. The lowest BCUT2D eigenvalue weighted by atomic mass is 9.87. The molecule has 11 heteroatoms. The van der Waals surface area contributed by atoms with Crippen LogP contribution in [0.2, 0.25) is 0 Å². The van der Waals surface area contributed by atoms with Crippen molar-refractivity contribution in [1.82, 2.24) is 14.9 Å². The van der Waals surface area contributed by atoms with Crippen molar-refractivity contribution in [3.63, 3.8) is 0 Å². The maximum Gasteiger partial charge on any atom is 0.313 e. The number of nitrogens with zero attached hydrogens (tertiary/aromatic N) is 3. The first-order valence-corrected chi connectivity index (χ1v) is 11.5. The lowest BCUT2D eigenvalue weighted by molar-refractivity contribution is -0.149. The maximum atomic E-state index is 13.3. The smallest absolute Gasteiger partial charge is 0.313 e. The highest BCUT2D eigenvalue weighted by Gasteiger charge is 2.39. The number of thiazole rings is 1. The molecule has 34 heavy (non-hydrogen) atoms. The molecule has 1 fully saturated rings. The molecule has 0 aliphatic carbocycles. The molecule has 10 nitrogen and oxygen atoms in total. The Hall–Kier alpha value is -3.57. The van der Waals surface area contributed by atoms with E-state index in [9.17, 15) is 14.4 Å². The van der Waals surface area contributed by atoms with Crippen LogP contribution >= 0.6 is 11.3 Å². The highest BCUT2D eigenvalue weighted by atomic mass is 32.1. The summed E-state index contributed by atoms with van der Waals surface area (Å²) in [4.78, 5) is 47.8. The molecule has 0 spiro atoms. The van der Waals surface area contributed by atoms with Gasteiger partial charge in [-0.3, -0.25) is 14.4 Å². The minimum Gasteiger partial charge on any atom is -0.480 e. The fraction of sp³-hybridized carbons (Fsp3) is 0.348. The third-order valence-electron chi connectivity index (χ3n) is 6.02. The number of aromatic nitrogens is 2. The van der Waals surface area contributed by atoms with Gasteiger partial charge in [0, 0.05) is 19.6 Å². The largest absolute Gasteiger partial charge is 0.480 e. The number of pyridine rings is 1. The number of hydrogen-bond donors (Lipinski definition) is 2. The number of nitrogens with one attached hydrogen (secondary N) is 1. The van der Waals surface area contributed by atoms with Crippen molar-refractivity contribution >= 4 is 45.0 Å². The molecule has 4 rings (SSSR count). The summed E-state index contributed by atoms with van der Waals surface area (Å²) in [6.45, 7) is 2.33. The highest BCUT2D eigenvalue weighted by Crippen LogP contribution is 2.36. The molecule has 3 heterocycles. The summed E-state index contributed by atoms with van der Waals surface area (Å²) in [5.74, 6) is -2.24. The van der Waals surface area contributed by atoms with Crippen molar-refractivity contribution in [1.29, 1.82) is 0 Å². The SMILES string of the molecule is COc1ncc(NC(=O)C(=O)N2C[C@@H](C)[C@@H](OC)C[C@@H]2c2ccc3scnc3c2)cc1C(N)=O. The summed E-state index contributed by atoms with van der Waals surface area (Å²) in [6.07, 6.45) is 1.78. The Morgan fingerprint density at radius 3 is 2.71 bits per heavy atom. The topological polar surface area (TPSA) is 137 Å². The number of rotatable bonds is 5. The van der Waals surface area contributed by atoms with Crippen LogP contribution in [0.15, 0.2) is 36.0 Å². The first-order chi connectivity index (χ1) is 16.3. The minimum atomic E-state index is -0.842. The molecule has 3 N–H and O–H groups in total. The molecule has 1 aliphatic heterocycles. The zero-order valence-corrected chi connectivity index (χ0v) is 19.8. The molecule has 2 aromatic heterocycles. The van der Waals surface area contributed by atoms with Crippen molar-refractivity contribution in [2.24, 2.45) is 11.7 Å². The quantitative estimate of drug-likeness (QED) is 0.532. The summed E-state index contributed by atoms with van der Waals surface area (Å²) in [5.41, 5.74) is 9.02. The van der Waals surface area contributed by atoms with Gasteiger partial charge >= 0.3 is 11.8 Å². The monoisotopic (exact) mass is 483 g/mol. The van der Waals surface area contributed by atoms with E-state index in [-0.39, 0.29) is 35.2 Å². The van der Waals surface area contributed by atoms with Gasteiger partial charge in [-0.05, 0) is 30.2 Å². The van der Waals surface area contributed by atoms with Gasteiger partial charge in [-0.1, -0.05) is 13.0 Å². The molecular weight excluding hydrogens is 458 g/mol. The Labute approximate surface area is 200 Å². The average molecular weight is 484 g/mol. The number of primary amides is 1. The molecule has 178 valence electrons. The van der Waals surface area contributed by atoms with Gasteiger partial charge in [-0.15, -0.1) is 11.3 Å². The lowest BCUT2D eigenvalue weighted by Gasteiger charge is -2.42. The van der Waals surface area contributed by atoms with Crippen LogP contribution in [0.25, 0.3) is 10.2 Å². The van der Waals surface area contributed by atoms with Crippen LogP contribution in [-0.2, 0) is 14.3 Å². The second-order valence-electron chi connectivity index (χ2n) is 8.14. The Balaban J connectivity index is 1.60. The van der Waals surface area contributed by atoms with Gasteiger partial charge in [0.15, 0.2) is 0 Å². The van der Waals surface area contributed by atoms with E-state index in [1.165, 1.54) is 30.7 Å². The predicted molar refractivity (Wildman–Crippen MR) is 127 cm³/mol. The van der Waals surface area contributed by atoms with E-state index in [2.05, 4.69) is 15.3 Å². The first kappa shape index (κ1) is 23.6. The molecular formula is C23H25N5O5S. The van der Waals surface area contributed by atoms with Crippen LogP contribution in [0.3, 0.4) is 0 Å². The number of anilines is 1. The van der Waals surface area contributed by atoms with E-state index in [0.717, 1.165) is 15.8 Å². The average Bonchev–Trinajstić information content (AvgIpc) is 3.31. The number of amides is 3. The number of fused-ring (bicyclic) bond motifs is 1. The molecule has 0 unspecified atom stereocenters. The Morgan fingerprint density at radius 1 is 1.21 bits per heavy atom. The number of ether oxygens (including phenoxy) is 2. The van der Waals surface area contributed by atoms with Gasteiger partial charge in [-0.2, -0.15) is 0 Å². The van der Waals surface area contributed by atoms with Crippen LogP contribution in [0.5, 0.6) is 5.88 Å². The molecule has 1 aliphatic rings. The van der Waals surface area contributed by atoms with Gasteiger partial charge < -0.3 is 25.4 Å². The second-order valence-corrected chi connectivity index (χ2v) is 9.03. The maximum absolute atomic E-state index is 13.3. The Bertz CT molecular complexity index is 1250. The van der Waals surface area contributed by atoms with E-state index >= 15 is 0 Å². The summed E-state index contributed by atoms with van der Waals surface area (Å²) < 4.78 is 11.7. The van der Waals surface area contributed by atoms with Crippen LogP contribution in [-0.4, -0.2) is 59.5 Å². The fourth-order valence-electron chi connectivity index (χ4n) is 4.26. The Kier molecular flexibility index (Phi) is 6.75. The molecule has 3 aromatic rings. The van der Waals surface area contributed by atoms with E-state index in [1.807, 2.05) is 25.1 Å². The summed E-state index contributed by atoms with van der Waals surface area (Å²) >= 11 is 1.54. The standard InChI is InChI=1S/C23H25N5O5S/c1-12-10-28(17(8-18(12)32-2)13-4-5-19-16(6-13)26-11-34-19)23(31)21(30)27-14-7-15(20(24)29)22(33-3)25-9-14/h4-7,9,11-12,17-18H,8,10H2,1-3H3,(H2,24,29)(H,27,30)/t12-,17-,18+/m1/s1. The van der Waals surface area contributed by atoms with Gasteiger partial charge in [0.1, 0.15) is 5.56 Å². The van der Waals surface area contributed by atoms with Crippen molar-refractivity contribution in [2.45, 2.75) is 25.5 Å². The number of carbonyl (C=O) groups excluding carboxylic acids is 3. The van der Waals surface area contributed by atoms with Crippen LogP contribution in [0.4, 0.5) is 5.69 Å². The molecule has 0 radical (unpaired) electrons. The van der Waals surface area contributed by atoms with Crippen molar-refractivity contribution in [3.05, 3.63) is 47.1 Å². The predicted octanol–water partition coefficient (Wildman–Crippen LogP) is 2.36. The van der Waals surface area contributed by atoms with Crippen molar-refractivity contribution < 1.29 is 23.9 Å². The van der Waals surface area contributed by atoms with Crippen LogP contribution < -0.4 is 15.8 Å². The van der Waals surface area contributed by atoms with Gasteiger partial charge in [0.25, 0.3) is 5.91 Å². The Morgan fingerprint density at radius 2 is 2.00 bits per heavy atom. The number of hydrogen-bond acceptors (Lipinski definition) is 8. The first-order valence-electron chi connectivity index (χ1n) is 10.6. The number of benzene rings is 1. The third kappa shape index (κ3) is 4.57. The van der Waals surface area contributed by atoms with E-state index < -0.39 is 17.7 Å².